The third-order valence-electron chi connectivity index (χ3n) is 3.79. The molecule has 0 amide bonds. The Morgan fingerprint density at radius 3 is 2.06 bits per heavy atom. The van der Waals surface area contributed by atoms with Gasteiger partial charge in [-0.15, -0.1) is 0 Å². The van der Waals surface area contributed by atoms with Crippen molar-refractivity contribution in [1.29, 1.82) is 0 Å². The Balaban J connectivity index is 2.28. The van der Waals surface area contributed by atoms with Crippen molar-refractivity contribution in [3.63, 3.8) is 0 Å². The van der Waals surface area contributed by atoms with Crippen molar-refractivity contribution >= 4 is 8.32 Å². The summed E-state index contributed by atoms with van der Waals surface area (Å²) in [5.74, 6) is 0. The molecule has 17 heavy (non-hydrogen) atoms. The quantitative estimate of drug-likeness (QED) is 0.482. The van der Waals surface area contributed by atoms with E-state index < -0.39 is 8.32 Å². The molecule has 1 nitrogen and oxygen atoms in total. The van der Waals surface area contributed by atoms with Gasteiger partial charge in [-0.25, -0.2) is 0 Å². The third kappa shape index (κ3) is 4.64. The van der Waals surface area contributed by atoms with Gasteiger partial charge in [-0.3, -0.25) is 0 Å². The molecule has 0 bridgehead atoms. The first-order valence-electron chi connectivity index (χ1n) is 6.94. The van der Waals surface area contributed by atoms with Crippen LogP contribution in [-0.2, 0) is 10.8 Å². The summed E-state index contributed by atoms with van der Waals surface area (Å²) in [6.45, 7) is 7.81. The van der Waals surface area contributed by atoms with Gasteiger partial charge in [0.25, 0.3) is 0 Å². The van der Waals surface area contributed by atoms with Crippen LogP contribution in [0, 0.1) is 0 Å². The second kappa shape index (κ2) is 7.67. The number of aryl methyl sites for hydroxylation is 1. The first kappa shape index (κ1) is 14.5. The van der Waals surface area contributed by atoms with Gasteiger partial charge in [0.2, 0.25) is 0 Å². The van der Waals surface area contributed by atoms with Gasteiger partial charge in [-0.05, 0) is 36.5 Å². The molecular formula is C15H26OSi. The fourth-order valence-corrected chi connectivity index (χ4v) is 4.96. The topological polar surface area (TPSA) is 9.23 Å². The van der Waals surface area contributed by atoms with E-state index in [0.717, 1.165) is 19.4 Å². The Kier molecular flexibility index (Phi) is 6.52. The van der Waals surface area contributed by atoms with Crippen LogP contribution in [-0.4, -0.2) is 14.9 Å². The zero-order valence-electron chi connectivity index (χ0n) is 11.5. The Morgan fingerprint density at radius 1 is 0.941 bits per heavy atom. The monoisotopic (exact) mass is 250 g/mol. The zero-order chi connectivity index (χ0) is 12.6. The summed E-state index contributed by atoms with van der Waals surface area (Å²) in [6.07, 6.45) is 2.29. The maximum absolute atomic E-state index is 6.24. The minimum Gasteiger partial charge on any atom is -0.417 e. The maximum Gasteiger partial charge on any atom is 0.191 e. The molecule has 0 atom stereocenters. The van der Waals surface area contributed by atoms with Crippen LogP contribution >= 0.6 is 0 Å². The van der Waals surface area contributed by atoms with Crippen LogP contribution < -0.4 is 0 Å². The molecule has 0 radical (unpaired) electrons. The smallest absolute Gasteiger partial charge is 0.191 e. The number of hydrogen-bond acceptors (Lipinski definition) is 1. The van der Waals surface area contributed by atoms with Crippen LogP contribution in [0.25, 0.3) is 0 Å². The molecule has 1 rings (SSSR count). The Bertz CT molecular complexity index is 285. The number of hydrogen-bond donors (Lipinski definition) is 0. The van der Waals surface area contributed by atoms with Crippen LogP contribution in [0.2, 0.25) is 18.1 Å². The summed E-state index contributed by atoms with van der Waals surface area (Å²) in [6, 6.07) is 14.5. The van der Waals surface area contributed by atoms with Crippen molar-refractivity contribution in [3.05, 3.63) is 35.9 Å². The minimum absolute atomic E-state index is 0.941. The van der Waals surface area contributed by atoms with Crippen molar-refractivity contribution in [2.75, 3.05) is 6.61 Å². The van der Waals surface area contributed by atoms with E-state index in [2.05, 4.69) is 51.1 Å². The van der Waals surface area contributed by atoms with Crippen molar-refractivity contribution in [2.45, 2.75) is 51.7 Å². The summed E-state index contributed by atoms with van der Waals surface area (Å²) >= 11 is 0. The number of benzene rings is 1. The molecule has 0 fully saturated rings. The molecule has 0 heterocycles. The number of rotatable bonds is 8. The Hall–Kier alpha value is -0.603. The highest BCUT2D eigenvalue weighted by Gasteiger charge is 2.28. The lowest BCUT2D eigenvalue weighted by molar-refractivity contribution is 0.293. The van der Waals surface area contributed by atoms with E-state index in [1.807, 2.05) is 0 Å². The Morgan fingerprint density at radius 2 is 1.53 bits per heavy atom. The molecule has 0 spiro atoms. The first-order valence-corrected chi connectivity index (χ1v) is 9.47. The van der Waals surface area contributed by atoms with Crippen molar-refractivity contribution in [1.82, 2.24) is 0 Å². The van der Waals surface area contributed by atoms with Gasteiger partial charge in [-0.2, -0.15) is 0 Å². The van der Waals surface area contributed by atoms with Gasteiger partial charge in [0, 0.05) is 6.61 Å². The van der Waals surface area contributed by atoms with Crippen LogP contribution in [0.4, 0.5) is 0 Å². The molecule has 0 aliphatic rings. The molecule has 0 unspecified atom stereocenters. The van der Waals surface area contributed by atoms with Crippen LogP contribution in [0.15, 0.2) is 30.3 Å². The molecule has 0 saturated heterocycles. The van der Waals surface area contributed by atoms with E-state index >= 15 is 0 Å². The second-order valence-electron chi connectivity index (χ2n) is 4.68. The summed E-state index contributed by atoms with van der Waals surface area (Å²) < 4.78 is 6.24. The average Bonchev–Trinajstić information content (AvgIpc) is 2.41. The highest BCUT2D eigenvalue weighted by atomic mass is 28.4. The van der Waals surface area contributed by atoms with E-state index in [1.165, 1.54) is 23.7 Å². The summed E-state index contributed by atoms with van der Waals surface area (Å²) in [5.41, 5.74) is 1.42. The predicted octanol–water partition coefficient (Wildman–Crippen LogP) is 4.64. The van der Waals surface area contributed by atoms with Crippen molar-refractivity contribution in [3.8, 4) is 0 Å². The zero-order valence-corrected chi connectivity index (χ0v) is 12.5. The largest absolute Gasteiger partial charge is 0.417 e. The molecule has 1 aromatic carbocycles. The molecular weight excluding hydrogens is 224 g/mol. The van der Waals surface area contributed by atoms with Crippen molar-refractivity contribution in [2.24, 2.45) is 0 Å². The standard InChI is InChI=1S/C15H26OSi/c1-4-17(5-2,6-3)16-14-10-13-15-11-8-7-9-12-15/h7-9,11-12H,4-6,10,13-14H2,1-3H3. The van der Waals surface area contributed by atoms with Gasteiger partial charge < -0.3 is 4.43 Å². The lowest BCUT2D eigenvalue weighted by Gasteiger charge is -2.27. The molecule has 96 valence electrons. The lowest BCUT2D eigenvalue weighted by atomic mass is 10.1. The summed E-state index contributed by atoms with van der Waals surface area (Å²) in [5, 5.41) is 0. The van der Waals surface area contributed by atoms with E-state index in [4.69, 9.17) is 4.43 Å². The van der Waals surface area contributed by atoms with Gasteiger partial charge in [0.1, 0.15) is 0 Å². The van der Waals surface area contributed by atoms with Crippen LogP contribution in [0.5, 0.6) is 0 Å². The highest BCUT2D eigenvalue weighted by Crippen LogP contribution is 2.21. The van der Waals surface area contributed by atoms with E-state index in [9.17, 15) is 0 Å². The molecule has 0 N–H and O–H groups in total. The molecule has 1 aromatic rings. The lowest BCUT2D eigenvalue weighted by Crippen LogP contribution is -2.36. The third-order valence-corrected chi connectivity index (χ3v) is 8.48. The predicted molar refractivity (Wildman–Crippen MR) is 77.9 cm³/mol. The molecule has 0 aromatic heterocycles. The van der Waals surface area contributed by atoms with E-state index in [-0.39, 0.29) is 0 Å². The SMILES string of the molecule is CC[Si](CC)(CC)OCCCc1ccccc1. The highest BCUT2D eigenvalue weighted by molar-refractivity contribution is 6.73. The molecule has 0 saturated carbocycles. The van der Waals surface area contributed by atoms with Crippen LogP contribution in [0.1, 0.15) is 32.8 Å². The van der Waals surface area contributed by atoms with E-state index in [1.54, 1.807) is 0 Å². The fraction of sp³-hybridized carbons (Fsp3) is 0.600. The minimum atomic E-state index is -1.36. The van der Waals surface area contributed by atoms with Gasteiger partial charge >= 0.3 is 0 Å². The van der Waals surface area contributed by atoms with Gasteiger partial charge in [0.05, 0.1) is 0 Å². The first-order chi connectivity index (χ1) is 8.26. The fourth-order valence-electron chi connectivity index (χ4n) is 2.27. The summed E-state index contributed by atoms with van der Waals surface area (Å²) in [4.78, 5) is 0. The molecule has 2 heteroatoms. The van der Waals surface area contributed by atoms with Gasteiger partial charge in [0.15, 0.2) is 8.32 Å². The maximum atomic E-state index is 6.24. The van der Waals surface area contributed by atoms with Gasteiger partial charge in [-0.1, -0.05) is 51.1 Å². The Labute approximate surface area is 107 Å². The van der Waals surface area contributed by atoms with E-state index in [0.29, 0.717) is 0 Å². The molecule has 0 aliphatic carbocycles. The second-order valence-corrected chi connectivity index (χ2v) is 9.46. The normalized spacial score (nSPS) is 11.7. The summed E-state index contributed by atoms with van der Waals surface area (Å²) in [7, 11) is -1.36. The van der Waals surface area contributed by atoms with Crippen LogP contribution in [0.3, 0.4) is 0 Å². The van der Waals surface area contributed by atoms with Crippen molar-refractivity contribution < 1.29 is 4.43 Å². The molecule has 0 aliphatic heterocycles. The average molecular weight is 250 g/mol.